The molecule has 0 aliphatic rings. The maximum absolute atomic E-state index is 10.2. The molecular formula is C10H21O2S-. The molecule has 0 aromatic rings. The van der Waals surface area contributed by atoms with E-state index in [9.17, 15) is 8.76 Å². The topological polar surface area (TPSA) is 40.1 Å². The third kappa shape index (κ3) is 12.1. The van der Waals surface area contributed by atoms with Gasteiger partial charge in [-0.05, 0) is 18.3 Å². The van der Waals surface area contributed by atoms with Gasteiger partial charge in [-0.1, -0.05) is 51.1 Å². The second-order valence-corrected chi connectivity index (χ2v) is 5.75. The lowest BCUT2D eigenvalue weighted by atomic mass is 9.89. The van der Waals surface area contributed by atoms with Crippen LogP contribution in [0.5, 0.6) is 0 Å². The van der Waals surface area contributed by atoms with E-state index in [2.05, 4.69) is 20.8 Å². The average molecular weight is 205 g/mol. The van der Waals surface area contributed by atoms with Crippen LogP contribution in [0.4, 0.5) is 0 Å². The highest BCUT2D eigenvalue weighted by molar-refractivity contribution is 7.79. The summed E-state index contributed by atoms with van der Waals surface area (Å²) in [5.74, 6) is 0.329. The van der Waals surface area contributed by atoms with Crippen LogP contribution < -0.4 is 0 Å². The lowest BCUT2D eigenvalue weighted by molar-refractivity contribution is 0.357. The first-order chi connectivity index (χ1) is 5.92. The van der Waals surface area contributed by atoms with Gasteiger partial charge in [-0.3, -0.25) is 4.21 Å². The monoisotopic (exact) mass is 205 g/mol. The molecule has 0 saturated heterocycles. The van der Waals surface area contributed by atoms with Crippen molar-refractivity contribution >= 4 is 11.1 Å². The molecule has 0 N–H and O–H groups in total. The maximum Gasteiger partial charge on any atom is 0.0102 e. The van der Waals surface area contributed by atoms with Gasteiger partial charge >= 0.3 is 0 Å². The second-order valence-electron chi connectivity index (χ2n) is 4.73. The Bertz CT molecular complexity index is 149. The number of unbranched alkanes of at least 4 members (excludes halogenated alkanes) is 3. The van der Waals surface area contributed by atoms with Gasteiger partial charge in [-0.15, -0.1) is 0 Å². The normalized spacial score (nSPS) is 14.5. The van der Waals surface area contributed by atoms with Crippen molar-refractivity contribution < 1.29 is 8.76 Å². The molecule has 0 aromatic carbocycles. The zero-order valence-corrected chi connectivity index (χ0v) is 9.78. The predicted molar refractivity (Wildman–Crippen MR) is 56.3 cm³/mol. The van der Waals surface area contributed by atoms with Crippen LogP contribution in [0.15, 0.2) is 0 Å². The van der Waals surface area contributed by atoms with E-state index < -0.39 is 11.1 Å². The lowest BCUT2D eigenvalue weighted by Crippen LogP contribution is -2.04. The van der Waals surface area contributed by atoms with Gasteiger partial charge in [-0.2, -0.15) is 0 Å². The van der Waals surface area contributed by atoms with Crippen LogP contribution in [-0.4, -0.2) is 14.5 Å². The Kier molecular flexibility index (Phi) is 6.60. The number of hydrogen-bond donors (Lipinski definition) is 0. The fourth-order valence-corrected chi connectivity index (χ4v) is 1.67. The zero-order chi connectivity index (χ0) is 10.3. The molecule has 80 valence electrons. The molecule has 0 spiro atoms. The van der Waals surface area contributed by atoms with Crippen LogP contribution in [0.3, 0.4) is 0 Å². The molecule has 0 aliphatic heterocycles. The summed E-state index contributed by atoms with van der Waals surface area (Å²) in [7, 11) is 0. The molecule has 0 rings (SSSR count). The van der Waals surface area contributed by atoms with Crippen molar-refractivity contribution in [3.8, 4) is 0 Å². The third-order valence-electron chi connectivity index (χ3n) is 1.99. The molecular weight excluding hydrogens is 184 g/mol. The van der Waals surface area contributed by atoms with Gasteiger partial charge in [0.05, 0.1) is 0 Å². The summed E-state index contributed by atoms with van der Waals surface area (Å²) < 4.78 is 20.4. The first-order valence-corrected chi connectivity index (χ1v) is 6.22. The summed E-state index contributed by atoms with van der Waals surface area (Å²) in [5, 5.41) is 0. The Hall–Kier alpha value is 0.110. The van der Waals surface area contributed by atoms with E-state index >= 15 is 0 Å². The van der Waals surface area contributed by atoms with Gasteiger partial charge in [0.1, 0.15) is 0 Å². The van der Waals surface area contributed by atoms with Crippen molar-refractivity contribution in [1.29, 1.82) is 0 Å². The van der Waals surface area contributed by atoms with Crippen molar-refractivity contribution in [2.75, 3.05) is 5.75 Å². The Morgan fingerprint density at radius 1 is 1.08 bits per heavy atom. The highest BCUT2D eigenvalue weighted by Gasteiger charge is 2.08. The van der Waals surface area contributed by atoms with Crippen molar-refractivity contribution in [3.63, 3.8) is 0 Å². The van der Waals surface area contributed by atoms with E-state index in [0.717, 1.165) is 19.3 Å². The molecule has 0 aromatic heterocycles. The summed E-state index contributed by atoms with van der Waals surface area (Å²) in [6.07, 6.45) is 5.47. The van der Waals surface area contributed by atoms with E-state index in [1.165, 1.54) is 12.8 Å². The van der Waals surface area contributed by atoms with Crippen molar-refractivity contribution in [2.24, 2.45) is 5.41 Å². The summed E-state index contributed by atoms with van der Waals surface area (Å²) in [6, 6.07) is 0. The first-order valence-electron chi connectivity index (χ1n) is 4.98. The van der Waals surface area contributed by atoms with E-state index in [-0.39, 0.29) is 0 Å². The molecule has 0 amide bonds. The van der Waals surface area contributed by atoms with Crippen LogP contribution in [-0.2, 0) is 11.1 Å². The molecule has 0 aliphatic carbocycles. The van der Waals surface area contributed by atoms with Gasteiger partial charge < -0.3 is 4.55 Å². The smallest absolute Gasteiger partial charge is 0.0102 e. The van der Waals surface area contributed by atoms with E-state index in [0.29, 0.717) is 11.2 Å². The fraction of sp³-hybridized carbons (Fsp3) is 1.00. The molecule has 0 bridgehead atoms. The Morgan fingerprint density at radius 3 is 2.08 bits per heavy atom. The molecule has 13 heavy (non-hydrogen) atoms. The van der Waals surface area contributed by atoms with Gasteiger partial charge in [0.15, 0.2) is 0 Å². The molecule has 0 radical (unpaired) electrons. The Labute approximate surface area is 84.4 Å². The number of rotatable bonds is 6. The Balaban J connectivity index is 3.13. The largest absolute Gasteiger partial charge is 0.772 e. The predicted octanol–water partition coefficient (Wildman–Crippen LogP) is 2.86. The summed E-state index contributed by atoms with van der Waals surface area (Å²) in [5.41, 5.74) is 0.418. The molecule has 0 saturated carbocycles. The minimum atomic E-state index is -1.84. The molecule has 0 fully saturated rings. The first kappa shape index (κ1) is 13.1. The molecule has 1 atom stereocenters. The Morgan fingerprint density at radius 2 is 1.62 bits per heavy atom. The van der Waals surface area contributed by atoms with Crippen molar-refractivity contribution in [1.82, 2.24) is 0 Å². The summed E-state index contributed by atoms with van der Waals surface area (Å²) in [4.78, 5) is 0. The van der Waals surface area contributed by atoms with Crippen molar-refractivity contribution in [3.05, 3.63) is 0 Å². The molecule has 2 nitrogen and oxygen atoms in total. The minimum Gasteiger partial charge on any atom is -0.772 e. The lowest BCUT2D eigenvalue weighted by Gasteiger charge is -2.17. The van der Waals surface area contributed by atoms with Crippen LogP contribution in [0.1, 0.15) is 52.9 Å². The zero-order valence-electron chi connectivity index (χ0n) is 8.97. The van der Waals surface area contributed by atoms with E-state index in [1.807, 2.05) is 0 Å². The standard InChI is InChI=1S/C10H22O2S/c1-10(2,3)8-6-4-5-7-9-13(11)12/h4-9H2,1-3H3,(H,11,12)/p-1. The maximum atomic E-state index is 10.2. The molecule has 3 heteroatoms. The third-order valence-corrected chi connectivity index (χ3v) is 2.61. The van der Waals surface area contributed by atoms with Crippen LogP contribution in [0, 0.1) is 5.41 Å². The quantitative estimate of drug-likeness (QED) is 0.494. The van der Waals surface area contributed by atoms with Crippen LogP contribution in [0.2, 0.25) is 0 Å². The van der Waals surface area contributed by atoms with Crippen molar-refractivity contribution in [2.45, 2.75) is 52.9 Å². The summed E-state index contributed by atoms with van der Waals surface area (Å²) in [6.45, 7) is 6.71. The van der Waals surface area contributed by atoms with Gasteiger partial charge in [0, 0.05) is 5.75 Å². The van der Waals surface area contributed by atoms with Crippen LogP contribution in [0.25, 0.3) is 0 Å². The number of hydrogen-bond acceptors (Lipinski definition) is 2. The highest BCUT2D eigenvalue weighted by atomic mass is 32.2. The molecule has 0 heterocycles. The fourth-order valence-electron chi connectivity index (χ4n) is 1.23. The minimum absolute atomic E-state index is 0.329. The van der Waals surface area contributed by atoms with Gasteiger partial charge in [0.25, 0.3) is 0 Å². The van der Waals surface area contributed by atoms with E-state index in [4.69, 9.17) is 0 Å². The second kappa shape index (κ2) is 6.55. The van der Waals surface area contributed by atoms with Gasteiger partial charge in [-0.25, -0.2) is 0 Å². The molecule has 1 unspecified atom stereocenters. The average Bonchev–Trinajstić information content (AvgIpc) is 1.93. The van der Waals surface area contributed by atoms with Gasteiger partial charge in [0.2, 0.25) is 0 Å². The SMILES string of the molecule is CC(C)(C)CCCCCCS(=O)[O-]. The highest BCUT2D eigenvalue weighted by Crippen LogP contribution is 2.22. The van der Waals surface area contributed by atoms with Crippen LogP contribution >= 0.6 is 0 Å². The summed E-state index contributed by atoms with van der Waals surface area (Å²) >= 11 is -1.84. The van der Waals surface area contributed by atoms with E-state index in [1.54, 1.807) is 0 Å².